The highest BCUT2D eigenvalue weighted by Gasteiger charge is 2.28. The first kappa shape index (κ1) is 13.7. The van der Waals surface area contributed by atoms with E-state index in [0.29, 0.717) is 18.0 Å². The molecule has 6 nitrogen and oxygen atoms in total. The molecule has 1 unspecified atom stereocenters. The number of anilines is 1. The first-order valence-corrected chi connectivity index (χ1v) is 8.02. The van der Waals surface area contributed by atoms with Gasteiger partial charge >= 0.3 is 0 Å². The fourth-order valence-corrected chi connectivity index (χ4v) is 2.96. The molecule has 2 fully saturated rings. The second kappa shape index (κ2) is 5.68. The number of nitrogens with one attached hydrogen (secondary N) is 1. The summed E-state index contributed by atoms with van der Waals surface area (Å²) in [5.74, 6) is 1.57. The number of benzene rings is 1. The molecule has 1 aromatic carbocycles. The Bertz CT molecular complexity index is 647. The molecule has 4 rings (SSSR count). The first-order chi connectivity index (χ1) is 10.8. The van der Waals surface area contributed by atoms with Crippen LogP contribution in [0, 0.1) is 5.92 Å². The molecule has 1 aliphatic heterocycles. The number of nitrogens with zero attached hydrogens (tertiary/aromatic N) is 4. The SMILES string of the molecule is CC(CC1COC1)Nc1cccc(-c2nnnn2C2CC2)c1. The Kier molecular flexibility index (Phi) is 3.54. The molecule has 2 aliphatic rings. The van der Waals surface area contributed by atoms with E-state index in [9.17, 15) is 0 Å². The van der Waals surface area contributed by atoms with Gasteiger partial charge in [0.05, 0.1) is 19.3 Å². The zero-order chi connectivity index (χ0) is 14.9. The normalized spacial score (nSPS) is 19.7. The van der Waals surface area contributed by atoms with Crippen LogP contribution in [0.3, 0.4) is 0 Å². The molecule has 2 heterocycles. The molecule has 2 aromatic rings. The zero-order valence-electron chi connectivity index (χ0n) is 12.8. The van der Waals surface area contributed by atoms with Gasteiger partial charge in [-0.1, -0.05) is 12.1 Å². The van der Waals surface area contributed by atoms with Gasteiger partial charge in [-0.2, -0.15) is 0 Å². The van der Waals surface area contributed by atoms with Crippen molar-refractivity contribution in [1.29, 1.82) is 0 Å². The third kappa shape index (κ3) is 2.83. The van der Waals surface area contributed by atoms with Crippen LogP contribution in [0.1, 0.15) is 32.2 Å². The van der Waals surface area contributed by atoms with Gasteiger partial charge in [0, 0.05) is 23.2 Å². The van der Waals surface area contributed by atoms with Crippen LogP contribution in [0.5, 0.6) is 0 Å². The van der Waals surface area contributed by atoms with Crippen molar-refractivity contribution >= 4 is 5.69 Å². The van der Waals surface area contributed by atoms with E-state index in [1.54, 1.807) is 0 Å². The number of aromatic nitrogens is 4. The fraction of sp³-hybridized carbons (Fsp3) is 0.562. The topological polar surface area (TPSA) is 64.9 Å². The molecule has 22 heavy (non-hydrogen) atoms. The minimum absolute atomic E-state index is 0.434. The van der Waals surface area contributed by atoms with Crippen LogP contribution in [0.2, 0.25) is 0 Å². The van der Waals surface area contributed by atoms with E-state index in [4.69, 9.17) is 4.74 Å². The summed E-state index contributed by atoms with van der Waals surface area (Å²) in [4.78, 5) is 0. The Morgan fingerprint density at radius 1 is 1.36 bits per heavy atom. The molecule has 1 N–H and O–H groups in total. The van der Waals surface area contributed by atoms with Gasteiger partial charge in [-0.05, 0) is 48.7 Å². The zero-order valence-corrected chi connectivity index (χ0v) is 12.8. The van der Waals surface area contributed by atoms with Gasteiger partial charge in [0.2, 0.25) is 0 Å². The van der Waals surface area contributed by atoms with Crippen molar-refractivity contribution in [3.63, 3.8) is 0 Å². The Morgan fingerprint density at radius 3 is 2.95 bits per heavy atom. The molecule has 6 heteroatoms. The quantitative estimate of drug-likeness (QED) is 0.888. The molecule has 1 aliphatic carbocycles. The molecule has 1 saturated heterocycles. The van der Waals surface area contributed by atoms with Crippen molar-refractivity contribution in [2.45, 2.75) is 38.3 Å². The predicted molar refractivity (Wildman–Crippen MR) is 83.5 cm³/mol. The molecule has 0 amide bonds. The average Bonchev–Trinajstić information content (AvgIpc) is 3.20. The molecule has 0 radical (unpaired) electrons. The summed E-state index contributed by atoms with van der Waals surface area (Å²) < 4.78 is 7.20. The molecule has 1 atom stereocenters. The summed E-state index contributed by atoms with van der Waals surface area (Å²) in [6.07, 6.45) is 3.50. The van der Waals surface area contributed by atoms with Gasteiger partial charge in [0.15, 0.2) is 5.82 Å². The summed E-state index contributed by atoms with van der Waals surface area (Å²) >= 11 is 0. The number of ether oxygens (including phenoxy) is 1. The summed E-state index contributed by atoms with van der Waals surface area (Å²) in [7, 11) is 0. The Morgan fingerprint density at radius 2 is 2.23 bits per heavy atom. The third-order valence-electron chi connectivity index (χ3n) is 4.31. The van der Waals surface area contributed by atoms with E-state index in [-0.39, 0.29) is 0 Å². The van der Waals surface area contributed by atoms with Crippen LogP contribution in [0.25, 0.3) is 11.4 Å². The highest BCUT2D eigenvalue weighted by molar-refractivity contribution is 5.62. The van der Waals surface area contributed by atoms with E-state index >= 15 is 0 Å². The fourth-order valence-electron chi connectivity index (χ4n) is 2.96. The average molecular weight is 299 g/mol. The summed E-state index contributed by atoms with van der Waals surface area (Å²) in [6.45, 7) is 4.03. The van der Waals surface area contributed by atoms with Gasteiger partial charge in [-0.25, -0.2) is 4.68 Å². The largest absolute Gasteiger partial charge is 0.383 e. The van der Waals surface area contributed by atoms with Crippen molar-refractivity contribution in [2.24, 2.45) is 5.92 Å². The Balaban J connectivity index is 1.48. The van der Waals surface area contributed by atoms with E-state index < -0.39 is 0 Å². The molecule has 1 aromatic heterocycles. The van der Waals surface area contributed by atoms with Crippen molar-refractivity contribution in [1.82, 2.24) is 20.2 Å². The molecular weight excluding hydrogens is 278 g/mol. The van der Waals surface area contributed by atoms with E-state index in [2.05, 4.69) is 52.0 Å². The van der Waals surface area contributed by atoms with Crippen LogP contribution < -0.4 is 5.32 Å². The lowest BCUT2D eigenvalue weighted by molar-refractivity contribution is -0.0368. The first-order valence-electron chi connectivity index (χ1n) is 8.02. The lowest BCUT2D eigenvalue weighted by Gasteiger charge is -2.29. The maximum Gasteiger partial charge on any atom is 0.182 e. The minimum Gasteiger partial charge on any atom is -0.383 e. The Labute approximate surface area is 129 Å². The molecule has 0 spiro atoms. The number of hydrogen-bond donors (Lipinski definition) is 1. The molecule has 116 valence electrons. The van der Waals surface area contributed by atoms with Crippen molar-refractivity contribution in [3.8, 4) is 11.4 Å². The van der Waals surface area contributed by atoms with Crippen molar-refractivity contribution in [3.05, 3.63) is 24.3 Å². The van der Waals surface area contributed by atoms with E-state index in [0.717, 1.165) is 36.7 Å². The second-order valence-corrected chi connectivity index (χ2v) is 6.44. The maximum absolute atomic E-state index is 5.24. The van der Waals surface area contributed by atoms with E-state index in [1.165, 1.54) is 12.8 Å². The van der Waals surface area contributed by atoms with Gasteiger partial charge in [-0.3, -0.25) is 0 Å². The standard InChI is InChI=1S/C16H21N5O/c1-11(7-12-9-22-10-12)17-14-4-2-3-13(8-14)16-18-19-20-21(16)15-5-6-15/h2-4,8,11-12,15,17H,5-7,9-10H2,1H3. The van der Waals surface area contributed by atoms with Crippen LogP contribution >= 0.6 is 0 Å². The van der Waals surface area contributed by atoms with Crippen molar-refractivity contribution < 1.29 is 4.74 Å². The van der Waals surface area contributed by atoms with E-state index in [1.807, 2.05) is 4.68 Å². The molecule has 0 bridgehead atoms. The summed E-state index contributed by atoms with van der Waals surface area (Å²) in [6, 6.07) is 9.28. The number of hydrogen-bond acceptors (Lipinski definition) is 5. The lowest BCUT2D eigenvalue weighted by Crippen LogP contribution is -2.32. The van der Waals surface area contributed by atoms with Gasteiger partial charge in [0.25, 0.3) is 0 Å². The monoisotopic (exact) mass is 299 g/mol. The van der Waals surface area contributed by atoms with Crippen LogP contribution in [-0.4, -0.2) is 39.5 Å². The van der Waals surface area contributed by atoms with Gasteiger partial charge in [-0.15, -0.1) is 5.10 Å². The van der Waals surface area contributed by atoms with Gasteiger partial charge in [0.1, 0.15) is 0 Å². The van der Waals surface area contributed by atoms with Crippen LogP contribution in [0.4, 0.5) is 5.69 Å². The Hall–Kier alpha value is -1.95. The van der Waals surface area contributed by atoms with Crippen LogP contribution in [0.15, 0.2) is 24.3 Å². The molecule has 1 saturated carbocycles. The number of tetrazole rings is 1. The lowest BCUT2D eigenvalue weighted by atomic mass is 9.99. The highest BCUT2D eigenvalue weighted by atomic mass is 16.5. The molecular formula is C16H21N5O. The maximum atomic E-state index is 5.24. The highest BCUT2D eigenvalue weighted by Crippen LogP contribution is 2.36. The second-order valence-electron chi connectivity index (χ2n) is 6.44. The minimum atomic E-state index is 0.434. The third-order valence-corrected chi connectivity index (χ3v) is 4.31. The predicted octanol–water partition coefficient (Wildman–Crippen LogP) is 2.51. The van der Waals surface area contributed by atoms with Crippen molar-refractivity contribution in [2.75, 3.05) is 18.5 Å². The summed E-state index contributed by atoms with van der Waals surface area (Å²) in [5, 5.41) is 15.7. The van der Waals surface area contributed by atoms with Crippen LogP contribution in [-0.2, 0) is 4.74 Å². The van der Waals surface area contributed by atoms with Gasteiger partial charge < -0.3 is 10.1 Å². The summed E-state index contributed by atoms with van der Waals surface area (Å²) in [5.41, 5.74) is 2.19. The number of rotatable bonds is 6. The smallest absolute Gasteiger partial charge is 0.182 e.